The highest BCUT2D eigenvalue weighted by Gasteiger charge is 2.31. The van der Waals surface area contributed by atoms with E-state index < -0.39 is 0 Å². The summed E-state index contributed by atoms with van der Waals surface area (Å²) in [5, 5.41) is 15.7. The minimum atomic E-state index is 0.000770. The SMILES string of the molecule is COc1ccc([C@H]2C[C@H](c3ccc(C(C)C)cc3)Nc3nnnn32)cc1OC. The van der Waals surface area contributed by atoms with Crippen molar-refractivity contribution in [3.8, 4) is 11.5 Å². The van der Waals surface area contributed by atoms with Crippen molar-refractivity contribution in [2.75, 3.05) is 19.5 Å². The molecular weight excluding hydrogens is 354 g/mol. The second-order valence-corrected chi connectivity index (χ2v) is 7.33. The molecule has 1 aliphatic rings. The van der Waals surface area contributed by atoms with Crippen molar-refractivity contribution in [1.29, 1.82) is 0 Å². The highest BCUT2D eigenvalue weighted by Crippen LogP contribution is 2.39. The molecule has 0 bridgehead atoms. The molecule has 1 aliphatic heterocycles. The maximum absolute atomic E-state index is 5.48. The molecule has 146 valence electrons. The van der Waals surface area contributed by atoms with E-state index in [9.17, 15) is 0 Å². The lowest BCUT2D eigenvalue weighted by atomic mass is 9.92. The van der Waals surface area contributed by atoms with Crippen LogP contribution in [0.15, 0.2) is 42.5 Å². The lowest BCUT2D eigenvalue weighted by Crippen LogP contribution is -2.28. The van der Waals surface area contributed by atoms with Crippen molar-refractivity contribution in [2.24, 2.45) is 0 Å². The van der Waals surface area contributed by atoms with Crippen LogP contribution < -0.4 is 14.8 Å². The lowest BCUT2D eigenvalue weighted by Gasteiger charge is -2.31. The summed E-state index contributed by atoms with van der Waals surface area (Å²) in [4.78, 5) is 0. The molecule has 0 saturated carbocycles. The smallest absolute Gasteiger partial charge is 0.243 e. The van der Waals surface area contributed by atoms with E-state index in [1.54, 1.807) is 14.2 Å². The average molecular weight is 379 g/mol. The maximum Gasteiger partial charge on any atom is 0.243 e. The van der Waals surface area contributed by atoms with E-state index in [4.69, 9.17) is 9.47 Å². The van der Waals surface area contributed by atoms with Gasteiger partial charge in [0, 0.05) is 0 Å². The Kier molecular flexibility index (Phi) is 4.90. The van der Waals surface area contributed by atoms with Crippen molar-refractivity contribution in [1.82, 2.24) is 20.2 Å². The van der Waals surface area contributed by atoms with E-state index in [2.05, 4.69) is 59.0 Å². The first-order valence-corrected chi connectivity index (χ1v) is 9.47. The van der Waals surface area contributed by atoms with Gasteiger partial charge in [-0.25, -0.2) is 4.68 Å². The van der Waals surface area contributed by atoms with Crippen molar-refractivity contribution in [3.05, 3.63) is 59.2 Å². The number of methoxy groups -OCH3 is 2. The number of ether oxygens (including phenoxy) is 2. The molecule has 2 heterocycles. The molecule has 7 heteroatoms. The normalized spacial score (nSPS) is 18.5. The fraction of sp³-hybridized carbons (Fsp3) is 0.381. The average Bonchev–Trinajstić information content (AvgIpc) is 3.21. The molecule has 0 fully saturated rings. The van der Waals surface area contributed by atoms with Gasteiger partial charge in [-0.2, -0.15) is 0 Å². The van der Waals surface area contributed by atoms with Crippen molar-refractivity contribution < 1.29 is 9.47 Å². The van der Waals surface area contributed by atoms with Gasteiger partial charge in [0.25, 0.3) is 0 Å². The first kappa shape index (κ1) is 18.3. The van der Waals surface area contributed by atoms with Gasteiger partial charge in [-0.3, -0.25) is 0 Å². The Morgan fingerprint density at radius 3 is 2.39 bits per heavy atom. The molecular formula is C21H25N5O2. The van der Waals surface area contributed by atoms with Gasteiger partial charge in [0.05, 0.1) is 26.3 Å². The van der Waals surface area contributed by atoms with Crippen LogP contribution in [0.2, 0.25) is 0 Å². The highest BCUT2D eigenvalue weighted by atomic mass is 16.5. The summed E-state index contributed by atoms with van der Waals surface area (Å²) < 4.78 is 12.7. The fourth-order valence-corrected chi connectivity index (χ4v) is 3.71. The molecule has 1 N–H and O–H groups in total. The summed E-state index contributed by atoms with van der Waals surface area (Å²) in [5.41, 5.74) is 3.64. The van der Waals surface area contributed by atoms with Crippen LogP contribution in [0.3, 0.4) is 0 Å². The quantitative estimate of drug-likeness (QED) is 0.723. The Labute approximate surface area is 164 Å². The molecule has 3 aromatic rings. The Bertz CT molecular complexity index is 952. The van der Waals surface area contributed by atoms with Gasteiger partial charge in [0.1, 0.15) is 0 Å². The minimum absolute atomic E-state index is 0.000770. The van der Waals surface area contributed by atoms with Crippen LogP contribution in [0.25, 0.3) is 0 Å². The minimum Gasteiger partial charge on any atom is -0.493 e. The summed E-state index contributed by atoms with van der Waals surface area (Å²) in [6.07, 6.45) is 0.828. The van der Waals surface area contributed by atoms with Crippen molar-refractivity contribution in [3.63, 3.8) is 0 Å². The molecule has 0 radical (unpaired) electrons. The molecule has 28 heavy (non-hydrogen) atoms. The zero-order valence-electron chi connectivity index (χ0n) is 16.6. The Morgan fingerprint density at radius 2 is 1.71 bits per heavy atom. The number of rotatable bonds is 5. The van der Waals surface area contributed by atoms with E-state index in [0.29, 0.717) is 23.4 Å². The highest BCUT2D eigenvalue weighted by molar-refractivity contribution is 5.46. The van der Waals surface area contributed by atoms with Gasteiger partial charge >= 0.3 is 0 Å². The van der Waals surface area contributed by atoms with Crippen molar-refractivity contribution >= 4 is 5.95 Å². The Balaban J connectivity index is 1.68. The zero-order valence-corrected chi connectivity index (χ0v) is 16.6. The van der Waals surface area contributed by atoms with Gasteiger partial charge in [-0.05, 0) is 51.6 Å². The topological polar surface area (TPSA) is 74.1 Å². The summed E-state index contributed by atoms with van der Waals surface area (Å²) >= 11 is 0. The van der Waals surface area contributed by atoms with Crippen LogP contribution in [0.4, 0.5) is 5.95 Å². The van der Waals surface area contributed by atoms with Gasteiger partial charge < -0.3 is 14.8 Å². The molecule has 4 rings (SSSR count). The number of tetrazole rings is 1. The van der Waals surface area contributed by atoms with Gasteiger partial charge in [0.15, 0.2) is 11.5 Å². The van der Waals surface area contributed by atoms with Gasteiger partial charge in [-0.15, -0.1) is 0 Å². The van der Waals surface area contributed by atoms with Crippen LogP contribution in [-0.4, -0.2) is 34.4 Å². The van der Waals surface area contributed by atoms with Crippen LogP contribution in [0.1, 0.15) is 55.0 Å². The number of nitrogens with zero attached hydrogens (tertiary/aromatic N) is 4. The summed E-state index contributed by atoms with van der Waals surface area (Å²) in [5.74, 6) is 2.59. The Hall–Kier alpha value is -3.09. The van der Waals surface area contributed by atoms with Gasteiger partial charge in [0.2, 0.25) is 5.95 Å². The zero-order chi connectivity index (χ0) is 19.7. The number of benzene rings is 2. The second kappa shape index (κ2) is 7.50. The lowest BCUT2D eigenvalue weighted by molar-refractivity contribution is 0.352. The number of nitrogens with one attached hydrogen (secondary N) is 1. The molecule has 2 atom stereocenters. The third-order valence-electron chi connectivity index (χ3n) is 5.35. The number of aromatic nitrogens is 4. The molecule has 7 nitrogen and oxygen atoms in total. The van der Waals surface area contributed by atoms with Gasteiger partial charge in [-0.1, -0.05) is 49.3 Å². The van der Waals surface area contributed by atoms with E-state index in [1.807, 2.05) is 22.9 Å². The first-order chi connectivity index (χ1) is 13.6. The molecule has 2 aromatic carbocycles. The Morgan fingerprint density at radius 1 is 1.00 bits per heavy atom. The maximum atomic E-state index is 5.48. The van der Waals surface area contributed by atoms with E-state index in [0.717, 1.165) is 12.0 Å². The summed E-state index contributed by atoms with van der Waals surface area (Å²) in [6.45, 7) is 4.41. The number of anilines is 1. The van der Waals surface area contributed by atoms with Crippen LogP contribution in [0.5, 0.6) is 11.5 Å². The van der Waals surface area contributed by atoms with E-state index in [1.165, 1.54) is 11.1 Å². The van der Waals surface area contributed by atoms with Crippen LogP contribution in [0, 0.1) is 0 Å². The predicted octanol–water partition coefficient (Wildman–Crippen LogP) is 3.96. The summed E-state index contributed by atoms with van der Waals surface area (Å²) in [7, 11) is 3.28. The third-order valence-corrected chi connectivity index (χ3v) is 5.35. The second-order valence-electron chi connectivity index (χ2n) is 7.33. The number of hydrogen-bond acceptors (Lipinski definition) is 6. The fourth-order valence-electron chi connectivity index (χ4n) is 3.71. The first-order valence-electron chi connectivity index (χ1n) is 9.47. The van der Waals surface area contributed by atoms with Crippen molar-refractivity contribution in [2.45, 2.75) is 38.3 Å². The molecule has 0 unspecified atom stereocenters. The largest absolute Gasteiger partial charge is 0.493 e. The molecule has 0 saturated heterocycles. The molecule has 1 aromatic heterocycles. The molecule has 0 amide bonds. The number of fused-ring (bicyclic) bond motifs is 1. The van der Waals surface area contributed by atoms with Crippen LogP contribution in [-0.2, 0) is 0 Å². The standard InChI is InChI=1S/C21H25N5O2/c1-13(2)14-5-7-15(8-6-14)17-12-18(26-21(22-17)23-24-25-26)16-9-10-19(27-3)20(11-16)28-4/h5-11,13,17-18H,12H2,1-4H3,(H,22,23,25)/t17-,18-/m1/s1. The number of hydrogen-bond donors (Lipinski definition) is 1. The molecule has 0 spiro atoms. The predicted molar refractivity (Wildman–Crippen MR) is 107 cm³/mol. The van der Waals surface area contributed by atoms with E-state index >= 15 is 0 Å². The summed E-state index contributed by atoms with van der Waals surface area (Å²) in [6, 6.07) is 14.9. The molecule has 0 aliphatic carbocycles. The van der Waals surface area contributed by atoms with E-state index in [-0.39, 0.29) is 12.1 Å². The third kappa shape index (κ3) is 3.28. The monoisotopic (exact) mass is 379 g/mol. The van der Waals surface area contributed by atoms with Crippen LogP contribution >= 0.6 is 0 Å².